The van der Waals surface area contributed by atoms with Crippen molar-refractivity contribution in [3.05, 3.63) is 0 Å². The van der Waals surface area contributed by atoms with Crippen LogP contribution in [-0.2, 0) is 14.3 Å². The van der Waals surface area contributed by atoms with Crippen LogP contribution in [0.3, 0.4) is 0 Å². The maximum Gasteiger partial charge on any atom is 0.305 e. The van der Waals surface area contributed by atoms with Crippen LogP contribution >= 0.6 is 0 Å². The fourth-order valence-corrected chi connectivity index (χ4v) is 2.04. The van der Waals surface area contributed by atoms with Gasteiger partial charge in [0, 0.05) is 19.6 Å². The Morgan fingerprint density at radius 1 is 1.29 bits per heavy atom. The highest BCUT2D eigenvalue weighted by Crippen LogP contribution is 2.22. The summed E-state index contributed by atoms with van der Waals surface area (Å²) in [5.74, 6) is -0.0672. The molecule has 0 aromatic carbocycles. The van der Waals surface area contributed by atoms with Gasteiger partial charge in [-0.3, -0.25) is 4.79 Å². The summed E-state index contributed by atoms with van der Waals surface area (Å²) in [4.78, 5) is 11.1. The van der Waals surface area contributed by atoms with E-state index < -0.39 is 0 Å². The van der Waals surface area contributed by atoms with Crippen LogP contribution < -0.4 is 5.32 Å². The van der Waals surface area contributed by atoms with Gasteiger partial charge in [0.2, 0.25) is 0 Å². The zero-order valence-electron chi connectivity index (χ0n) is 11.0. The van der Waals surface area contributed by atoms with Gasteiger partial charge in [-0.25, -0.2) is 0 Å². The van der Waals surface area contributed by atoms with E-state index in [1.807, 2.05) is 6.92 Å². The largest absolute Gasteiger partial charge is 0.466 e. The molecule has 4 heteroatoms. The Balaban J connectivity index is 1.81. The number of nitrogens with one attached hydrogen (secondary N) is 1. The van der Waals surface area contributed by atoms with E-state index in [-0.39, 0.29) is 5.97 Å². The molecule has 1 saturated carbocycles. The first-order chi connectivity index (χ1) is 8.26. The Labute approximate surface area is 104 Å². The quantitative estimate of drug-likeness (QED) is 0.496. The number of rotatable bonds is 9. The number of esters is 1. The number of unbranched alkanes of at least 4 members (excludes halogenated alkanes) is 2. The summed E-state index contributed by atoms with van der Waals surface area (Å²) in [6, 6.07) is 0.644. The first-order valence-corrected chi connectivity index (χ1v) is 6.68. The molecular formula is C13H25NO3. The summed E-state index contributed by atoms with van der Waals surface area (Å²) in [5, 5.41) is 3.50. The van der Waals surface area contributed by atoms with Gasteiger partial charge in [0.15, 0.2) is 0 Å². The molecule has 0 unspecified atom stereocenters. The Kier molecular flexibility index (Phi) is 7.21. The van der Waals surface area contributed by atoms with Crippen LogP contribution in [0.1, 0.15) is 45.4 Å². The third-order valence-corrected chi connectivity index (χ3v) is 3.22. The van der Waals surface area contributed by atoms with Crippen molar-refractivity contribution in [2.45, 2.75) is 57.6 Å². The molecule has 4 nitrogen and oxygen atoms in total. The minimum Gasteiger partial charge on any atom is -0.466 e. The van der Waals surface area contributed by atoms with Gasteiger partial charge in [-0.05, 0) is 39.2 Å². The maximum atomic E-state index is 11.1. The fraction of sp³-hybridized carbons (Fsp3) is 0.923. The van der Waals surface area contributed by atoms with Gasteiger partial charge in [-0.1, -0.05) is 6.42 Å². The highest BCUT2D eigenvalue weighted by molar-refractivity contribution is 5.69. The summed E-state index contributed by atoms with van der Waals surface area (Å²) in [6.45, 7) is 3.38. The molecular weight excluding hydrogens is 218 g/mol. The second kappa shape index (κ2) is 8.48. The van der Waals surface area contributed by atoms with E-state index in [9.17, 15) is 4.79 Å². The lowest BCUT2D eigenvalue weighted by Gasteiger charge is -2.34. The Morgan fingerprint density at radius 3 is 2.71 bits per heavy atom. The normalized spacial score (nSPS) is 23.2. The summed E-state index contributed by atoms with van der Waals surface area (Å²) < 4.78 is 10.1. The van der Waals surface area contributed by atoms with Crippen LogP contribution in [0.2, 0.25) is 0 Å². The Hall–Kier alpha value is -0.610. The molecule has 0 saturated heterocycles. The lowest BCUT2D eigenvalue weighted by Crippen LogP contribution is -2.45. The summed E-state index contributed by atoms with van der Waals surface area (Å²) >= 11 is 0. The molecule has 1 fully saturated rings. The molecule has 1 aliphatic rings. The maximum absolute atomic E-state index is 11.1. The molecule has 0 aromatic rings. The molecule has 1 aliphatic carbocycles. The van der Waals surface area contributed by atoms with E-state index >= 15 is 0 Å². The van der Waals surface area contributed by atoms with Gasteiger partial charge in [0.25, 0.3) is 0 Å². The molecule has 0 heterocycles. The number of methoxy groups -OCH3 is 1. The third kappa shape index (κ3) is 6.03. The molecule has 0 bridgehead atoms. The average molecular weight is 243 g/mol. The van der Waals surface area contributed by atoms with Crippen LogP contribution in [-0.4, -0.2) is 38.4 Å². The monoisotopic (exact) mass is 243 g/mol. The zero-order chi connectivity index (χ0) is 12.5. The summed E-state index contributed by atoms with van der Waals surface area (Å²) in [7, 11) is 1.77. The van der Waals surface area contributed by atoms with Crippen molar-refractivity contribution in [1.82, 2.24) is 5.32 Å². The van der Waals surface area contributed by atoms with Crippen LogP contribution in [0, 0.1) is 0 Å². The molecule has 100 valence electrons. The van der Waals surface area contributed by atoms with Crippen molar-refractivity contribution < 1.29 is 14.3 Å². The highest BCUT2D eigenvalue weighted by Gasteiger charge is 2.27. The van der Waals surface area contributed by atoms with Crippen LogP contribution in [0.4, 0.5) is 0 Å². The molecule has 0 amide bonds. The van der Waals surface area contributed by atoms with Crippen LogP contribution in [0.5, 0.6) is 0 Å². The number of ether oxygens (including phenoxy) is 2. The number of hydrogen-bond donors (Lipinski definition) is 1. The van der Waals surface area contributed by atoms with Gasteiger partial charge in [-0.15, -0.1) is 0 Å². The highest BCUT2D eigenvalue weighted by atomic mass is 16.5. The van der Waals surface area contributed by atoms with Crippen LogP contribution in [0.15, 0.2) is 0 Å². The molecule has 17 heavy (non-hydrogen) atoms. The van der Waals surface area contributed by atoms with Gasteiger partial charge in [-0.2, -0.15) is 0 Å². The van der Waals surface area contributed by atoms with Gasteiger partial charge in [0.05, 0.1) is 12.7 Å². The molecule has 1 N–H and O–H groups in total. The third-order valence-electron chi connectivity index (χ3n) is 3.22. The van der Waals surface area contributed by atoms with E-state index in [4.69, 9.17) is 9.47 Å². The summed E-state index contributed by atoms with van der Waals surface area (Å²) in [5.41, 5.74) is 0. The van der Waals surface area contributed by atoms with E-state index in [0.717, 1.165) is 38.6 Å². The molecule has 0 spiro atoms. The lowest BCUT2D eigenvalue weighted by molar-refractivity contribution is -0.143. The van der Waals surface area contributed by atoms with E-state index in [1.54, 1.807) is 7.11 Å². The molecule has 0 atom stereocenters. The van der Waals surface area contributed by atoms with Gasteiger partial charge in [0.1, 0.15) is 0 Å². The van der Waals surface area contributed by atoms with Crippen molar-refractivity contribution in [3.63, 3.8) is 0 Å². The Morgan fingerprint density at radius 2 is 2.06 bits per heavy atom. The zero-order valence-corrected chi connectivity index (χ0v) is 11.0. The van der Waals surface area contributed by atoms with E-state index in [1.165, 1.54) is 0 Å². The fourth-order valence-electron chi connectivity index (χ4n) is 2.04. The topological polar surface area (TPSA) is 47.6 Å². The smallest absolute Gasteiger partial charge is 0.305 e. The first-order valence-electron chi connectivity index (χ1n) is 6.68. The second-order valence-electron chi connectivity index (χ2n) is 4.60. The van der Waals surface area contributed by atoms with E-state index in [0.29, 0.717) is 25.2 Å². The predicted molar refractivity (Wildman–Crippen MR) is 66.9 cm³/mol. The standard InChI is InChI=1S/C13H25NO3/c1-3-17-13(15)7-5-4-6-8-14-11-9-12(10-11)16-2/h11-12,14H,3-10H2,1-2H3. The summed E-state index contributed by atoms with van der Waals surface area (Å²) in [6.07, 6.45) is 6.46. The Bertz CT molecular complexity index is 215. The van der Waals surface area contributed by atoms with Gasteiger partial charge >= 0.3 is 5.97 Å². The average Bonchev–Trinajstić information content (AvgIpc) is 2.25. The van der Waals surface area contributed by atoms with Crippen molar-refractivity contribution in [2.75, 3.05) is 20.3 Å². The van der Waals surface area contributed by atoms with E-state index in [2.05, 4.69) is 5.32 Å². The van der Waals surface area contributed by atoms with Crippen molar-refractivity contribution in [3.8, 4) is 0 Å². The van der Waals surface area contributed by atoms with Gasteiger partial charge < -0.3 is 14.8 Å². The van der Waals surface area contributed by atoms with Crippen LogP contribution in [0.25, 0.3) is 0 Å². The number of hydrogen-bond acceptors (Lipinski definition) is 4. The molecule has 0 aliphatic heterocycles. The SMILES string of the molecule is CCOC(=O)CCCCCNC1CC(OC)C1. The minimum atomic E-state index is -0.0672. The second-order valence-corrected chi connectivity index (χ2v) is 4.60. The number of carbonyl (C=O) groups is 1. The predicted octanol–water partition coefficient (Wildman–Crippen LogP) is 1.88. The molecule has 0 radical (unpaired) electrons. The lowest BCUT2D eigenvalue weighted by atomic mass is 9.89. The molecule has 1 rings (SSSR count). The molecule has 0 aromatic heterocycles. The first kappa shape index (κ1) is 14.5. The minimum absolute atomic E-state index is 0.0672. The van der Waals surface area contributed by atoms with Crippen molar-refractivity contribution in [1.29, 1.82) is 0 Å². The number of carbonyl (C=O) groups excluding carboxylic acids is 1. The van der Waals surface area contributed by atoms with Crippen molar-refractivity contribution >= 4 is 5.97 Å². The van der Waals surface area contributed by atoms with Crippen molar-refractivity contribution in [2.24, 2.45) is 0 Å².